The molecule has 2 N–H and O–H groups in total. The van der Waals surface area contributed by atoms with Gasteiger partial charge in [0.1, 0.15) is 17.1 Å². The Morgan fingerprint density at radius 2 is 1.97 bits per heavy atom. The van der Waals surface area contributed by atoms with Crippen LogP contribution in [0.25, 0.3) is 0 Å². The fourth-order valence-corrected chi connectivity index (χ4v) is 4.46. The molecule has 0 spiro atoms. The van der Waals surface area contributed by atoms with Crippen LogP contribution in [0.15, 0.2) is 53.1 Å². The molecular weight excluding hydrogens is 431 g/mol. The van der Waals surface area contributed by atoms with Gasteiger partial charge < -0.3 is 5.73 Å². The molecule has 1 aromatic carbocycles. The fraction of sp³-hybridized carbons (Fsp3) is 0.250. The Hall–Kier alpha value is -3.18. The minimum Gasteiger partial charge on any atom is -0.327 e. The topological polar surface area (TPSA) is 86.2 Å². The molecule has 0 saturated carbocycles. The minimum absolute atomic E-state index is 0.134. The summed E-state index contributed by atoms with van der Waals surface area (Å²) in [6, 6.07) is 8.16. The van der Waals surface area contributed by atoms with Gasteiger partial charge in [-0.25, -0.2) is 13.9 Å². The van der Waals surface area contributed by atoms with Crippen molar-refractivity contribution in [1.29, 1.82) is 0 Å². The Labute approximate surface area is 178 Å². The van der Waals surface area contributed by atoms with Gasteiger partial charge in [0, 0.05) is 23.4 Å². The second kappa shape index (κ2) is 8.52. The van der Waals surface area contributed by atoms with Gasteiger partial charge in [-0.05, 0) is 30.2 Å². The highest BCUT2D eigenvalue weighted by atomic mass is 32.1. The summed E-state index contributed by atoms with van der Waals surface area (Å²) < 4.78 is 42.3. The lowest BCUT2D eigenvalue weighted by Gasteiger charge is -2.28. The van der Waals surface area contributed by atoms with Gasteiger partial charge in [0.2, 0.25) is 5.91 Å². The number of benzene rings is 1. The van der Waals surface area contributed by atoms with Crippen molar-refractivity contribution in [2.75, 3.05) is 11.4 Å². The number of amides is 1. The zero-order valence-corrected chi connectivity index (χ0v) is 17.0. The molecule has 3 heterocycles. The van der Waals surface area contributed by atoms with E-state index in [4.69, 9.17) is 5.73 Å². The van der Waals surface area contributed by atoms with Gasteiger partial charge in [-0.1, -0.05) is 12.1 Å². The standard InChI is InChI=1S/C20H18F3N5O2S/c21-15-3-1-2-12-4-6-16(29)28(18(12)15)17-7-5-14(31-17)10-26-11-25-27(20(26)30)9-13(8-24)19(22)23/h1-3,5,7,11H,4,6,8-10,24H2. The van der Waals surface area contributed by atoms with Crippen LogP contribution in [0.1, 0.15) is 16.9 Å². The molecule has 0 atom stereocenters. The maximum absolute atomic E-state index is 14.5. The monoisotopic (exact) mass is 449 g/mol. The van der Waals surface area contributed by atoms with Crippen LogP contribution in [0, 0.1) is 5.82 Å². The maximum atomic E-state index is 14.5. The van der Waals surface area contributed by atoms with Crippen LogP contribution in [-0.4, -0.2) is 26.8 Å². The lowest BCUT2D eigenvalue weighted by molar-refractivity contribution is -0.118. The molecule has 0 unspecified atom stereocenters. The fourth-order valence-electron chi connectivity index (χ4n) is 3.43. The van der Waals surface area contributed by atoms with E-state index >= 15 is 0 Å². The average Bonchev–Trinajstić information content (AvgIpc) is 3.34. The van der Waals surface area contributed by atoms with Crippen LogP contribution >= 0.6 is 11.3 Å². The number of carbonyl (C=O) groups excluding carboxylic acids is 1. The number of fused-ring (bicyclic) bond motifs is 1. The Morgan fingerprint density at radius 3 is 2.71 bits per heavy atom. The van der Waals surface area contributed by atoms with Crippen molar-refractivity contribution in [3.8, 4) is 0 Å². The molecule has 0 aliphatic carbocycles. The summed E-state index contributed by atoms with van der Waals surface area (Å²) >= 11 is 1.24. The number of anilines is 2. The first-order valence-electron chi connectivity index (χ1n) is 9.43. The molecule has 1 aliphatic rings. The zero-order chi connectivity index (χ0) is 22.1. The predicted octanol–water partition coefficient (Wildman–Crippen LogP) is 3.01. The summed E-state index contributed by atoms with van der Waals surface area (Å²) in [5.74, 6) is -0.674. The summed E-state index contributed by atoms with van der Waals surface area (Å²) in [4.78, 5) is 27.1. The van der Waals surface area contributed by atoms with E-state index in [0.29, 0.717) is 11.4 Å². The van der Waals surface area contributed by atoms with Crippen molar-refractivity contribution in [1.82, 2.24) is 14.3 Å². The Balaban J connectivity index is 1.59. The second-order valence-corrected chi connectivity index (χ2v) is 8.13. The highest BCUT2D eigenvalue weighted by molar-refractivity contribution is 7.16. The van der Waals surface area contributed by atoms with Gasteiger partial charge in [-0.15, -0.1) is 11.3 Å². The number of aromatic nitrogens is 3. The highest BCUT2D eigenvalue weighted by Crippen LogP contribution is 2.39. The van der Waals surface area contributed by atoms with Crippen LogP contribution in [0.2, 0.25) is 0 Å². The van der Waals surface area contributed by atoms with E-state index in [1.54, 1.807) is 24.3 Å². The number of thiophene rings is 1. The molecule has 0 bridgehead atoms. The molecule has 3 aromatic rings. The molecule has 162 valence electrons. The van der Waals surface area contributed by atoms with Gasteiger partial charge in [-0.2, -0.15) is 13.9 Å². The van der Waals surface area contributed by atoms with Crippen molar-refractivity contribution in [3.05, 3.63) is 75.1 Å². The summed E-state index contributed by atoms with van der Waals surface area (Å²) in [5, 5.41) is 4.41. The molecule has 31 heavy (non-hydrogen) atoms. The van der Waals surface area contributed by atoms with Crippen LogP contribution in [-0.2, 0) is 24.3 Å². The van der Waals surface area contributed by atoms with Gasteiger partial charge in [0.25, 0.3) is 6.08 Å². The van der Waals surface area contributed by atoms with E-state index in [9.17, 15) is 22.8 Å². The van der Waals surface area contributed by atoms with Crippen LogP contribution < -0.4 is 16.3 Å². The van der Waals surface area contributed by atoms with Crippen molar-refractivity contribution in [2.24, 2.45) is 5.73 Å². The van der Waals surface area contributed by atoms with Gasteiger partial charge in [0.05, 0.1) is 18.8 Å². The molecule has 1 aliphatic heterocycles. The summed E-state index contributed by atoms with van der Waals surface area (Å²) in [6.45, 7) is -0.633. The van der Waals surface area contributed by atoms with Crippen molar-refractivity contribution >= 4 is 27.9 Å². The largest absolute Gasteiger partial charge is 0.346 e. The number of nitrogens with two attached hydrogens (primary N) is 1. The molecule has 0 saturated heterocycles. The van der Waals surface area contributed by atoms with Crippen molar-refractivity contribution in [3.63, 3.8) is 0 Å². The summed E-state index contributed by atoms with van der Waals surface area (Å²) in [7, 11) is 0. The summed E-state index contributed by atoms with van der Waals surface area (Å²) in [5.41, 5.74) is 5.37. The molecule has 7 nitrogen and oxygen atoms in total. The van der Waals surface area contributed by atoms with E-state index in [1.165, 1.54) is 33.2 Å². The Kier molecular flexibility index (Phi) is 5.79. The van der Waals surface area contributed by atoms with Crippen LogP contribution in [0.3, 0.4) is 0 Å². The van der Waals surface area contributed by atoms with E-state index in [1.807, 2.05) is 0 Å². The van der Waals surface area contributed by atoms with E-state index < -0.39 is 24.1 Å². The third kappa shape index (κ3) is 4.06. The number of para-hydroxylation sites is 1. The number of halogens is 3. The van der Waals surface area contributed by atoms with Crippen LogP contribution in [0.4, 0.5) is 23.9 Å². The molecular formula is C20H18F3N5O2S. The number of hydrogen-bond acceptors (Lipinski definition) is 5. The summed E-state index contributed by atoms with van der Waals surface area (Å²) in [6.07, 6.45) is 0.0875. The lowest BCUT2D eigenvalue weighted by Crippen LogP contribution is -2.31. The van der Waals surface area contributed by atoms with Crippen LogP contribution in [0.5, 0.6) is 0 Å². The molecule has 0 fully saturated rings. The SMILES string of the molecule is NCC(Cn1ncn(Cc2ccc(N3C(=O)CCc4cccc(F)c43)s2)c1=O)=C(F)F. The normalized spacial score (nSPS) is 13.4. The maximum Gasteiger partial charge on any atom is 0.346 e. The quantitative estimate of drug-likeness (QED) is 0.627. The molecule has 4 rings (SSSR count). The predicted molar refractivity (Wildman–Crippen MR) is 110 cm³/mol. The molecule has 11 heteroatoms. The minimum atomic E-state index is -1.93. The van der Waals surface area contributed by atoms with Gasteiger partial charge >= 0.3 is 5.69 Å². The third-order valence-electron chi connectivity index (χ3n) is 5.00. The van der Waals surface area contributed by atoms with E-state index in [-0.39, 0.29) is 36.7 Å². The number of rotatable bonds is 6. The van der Waals surface area contributed by atoms with E-state index in [0.717, 1.165) is 15.1 Å². The second-order valence-electron chi connectivity index (χ2n) is 6.98. The molecule has 2 aromatic heterocycles. The average molecular weight is 449 g/mol. The first kappa shape index (κ1) is 21.1. The first-order chi connectivity index (χ1) is 14.9. The zero-order valence-electron chi connectivity index (χ0n) is 16.2. The number of carbonyl (C=O) groups is 1. The number of nitrogens with zero attached hydrogens (tertiary/aromatic N) is 4. The smallest absolute Gasteiger partial charge is 0.327 e. The Morgan fingerprint density at radius 1 is 1.16 bits per heavy atom. The molecule has 1 amide bonds. The van der Waals surface area contributed by atoms with Gasteiger partial charge in [-0.3, -0.25) is 14.3 Å². The van der Waals surface area contributed by atoms with E-state index in [2.05, 4.69) is 5.10 Å². The van der Waals surface area contributed by atoms with Gasteiger partial charge in [0.15, 0.2) is 0 Å². The lowest BCUT2D eigenvalue weighted by atomic mass is 10.0. The Bertz CT molecular complexity index is 1230. The number of aryl methyl sites for hydroxylation is 1. The third-order valence-corrected chi connectivity index (χ3v) is 6.05. The van der Waals surface area contributed by atoms with Crippen molar-refractivity contribution < 1.29 is 18.0 Å². The number of hydrogen-bond donors (Lipinski definition) is 1. The van der Waals surface area contributed by atoms with Crippen molar-refractivity contribution in [2.45, 2.75) is 25.9 Å². The molecule has 0 radical (unpaired) electrons. The highest BCUT2D eigenvalue weighted by Gasteiger charge is 2.29. The first-order valence-corrected chi connectivity index (χ1v) is 10.2.